The van der Waals surface area contributed by atoms with Crippen molar-refractivity contribution in [2.45, 2.75) is 13.8 Å². The summed E-state index contributed by atoms with van der Waals surface area (Å²) in [6.07, 6.45) is 1.38. The first-order valence-corrected chi connectivity index (χ1v) is 9.91. The number of rotatable bonds is 5. The Morgan fingerprint density at radius 2 is 1.39 bits per heavy atom. The molecule has 3 aromatic carbocycles. The van der Waals surface area contributed by atoms with Gasteiger partial charge in [-0.2, -0.15) is 0 Å². The molecule has 0 atom stereocenters. The van der Waals surface area contributed by atoms with Crippen molar-refractivity contribution in [3.8, 4) is 22.5 Å². The van der Waals surface area contributed by atoms with Crippen LogP contribution in [0.25, 0.3) is 33.5 Å². The lowest BCUT2D eigenvalue weighted by molar-refractivity contribution is -0.113. The molecule has 5 nitrogen and oxygen atoms in total. The fourth-order valence-electron chi connectivity index (χ4n) is 3.33. The Bertz CT molecular complexity index is 1310. The summed E-state index contributed by atoms with van der Waals surface area (Å²) < 4.78 is 0. The number of hydrogen-bond acceptors (Lipinski definition) is 5. The van der Waals surface area contributed by atoms with Gasteiger partial charge in [-0.05, 0) is 26.0 Å². The molecule has 0 bridgehead atoms. The molecule has 0 aliphatic rings. The van der Waals surface area contributed by atoms with Crippen molar-refractivity contribution in [3.05, 3.63) is 90.2 Å². The summed E-state index contributed by atoms with van der Waals surface area (Å²) in [5.74, 6) is -0.328. The standard InChI is InChI=1S/C26H21N3O2/c1-17(30)21(18(2)31)16-27-22-14-9-15-23-26(22)29-25(20-12-7-4-8-13-20)24(28-23)19-10-5-3-6-11-19/h3-16,30H,1-2H3/b21-17+,27-16?. The van der Waals surface area contributed by atoms with Gasteiger partial charge in [0, 0.05) is 17.3 Å². The zero-order chi connectivity index (χ0) is 21.8. The van der Waals surface area contributed by atoms with Crippen LogP contribution in [-0.2, 0) is 4.79 Å². The van der Waals surface area contributed by atoms with Crippen molar-refractivity contribution in [1.29, 1.82) is 0 Å². The third kappa shape index (κ3) is 4.26. The van der Waals surface area contributed by atoms with E-state index in [1.165, 1.54) is 20.1 Å². The fraction of sp³-hybridized carbons (Fsp3) is 0.0769. The van der Waals surface area contributed by atoms with Gasteiger partial charge in [-0.15, -0.1) is 0 Å². The Kier molecular flexibility index (Phi) is 5.67. The summed E-state index contributed by atoms with van der Waals surface area (Å²) >= 11 is 0. The van der Waals surface area contributed by atoms with Gasteiger partial charge in [0.05, 0.1) is 28.2 Å². The third-order valence-corrected chi connectivity index (χ3v) is 4.87. The Hall–Kier alpha value is -4.12. The predicted octanol–water partition coefficient (Wildman–Crippen LogP) is 6.09. The highest BCUT2D eigenvalue weighted by Gasteiger charge is 2.15. The predicted molar refractivity (Wildman–Crippen MR) is 125 cm³/mol. The highest BCUT2D eigenvalue weighted by atomic mass is 16.3. The lowest BCUT2D eigenvalue weighted by Gasteiger charge is -2.11. The van der Waals surface area contributed by atoms with Gasteiger partial charge in [-0.25, -0.2) is 9.97 Å². The van der Waals surface area contributed by atoms with Crippen LogP contribution in [0.3, 0.4) is 0 Å². The molecule has 152 valence electrons. The minimum absolute atomic E-state index is 0.0705. The van der Waals surface area contributed by atoms with Crippen molar-refractivity contribution < 1.29 is 9.90 Å². The number of Topliss-reactive ketones (excluding diaryl/α,β-unsaturated/α-hetero) is 1. The van der Waals surface area contributed by atoms with E-state index in [4.69, 9.17) is 9.97 Å². The third-order valence-electron chi connectivity index (χ3n) is 4.87. The molecule has 4 aromatic rings. The number of aromatic nitrogens is 2. The monoisotopic (exact) mass is 407 g/mol. The largest absolute Gasteiger partial charge is 0.512 e. The summed E-state index contributed by atoms with van der Waals surface area (Å²) in [4.78, 5) is 26.1. The molecule has 31 heavy (non-hydrogen) atoms. The van der Waals surface area contributed by atoms with Crippen molar-refractivity contribution in [2.75, 3.05) is 0 Å². The fourth-order valence-corrected chi connectivity index (χ4v) is 3.33. The van der Waals surface area contributed by atoms with Crippen LogP contribution in [0.4, 0.5) is 5.69 Å². The van der Waals surface area contributed by atoms with Crippen LogP contribution < -0.4 is 0 Å². The Labute approximate surface area is 180 Å². The summed E-state index contributed by atoms with van der Waals surface area (Å²) in [6.45, 7) is 2.86. The van der Waals surface area contributed by atoms with E-state index in [0.717, 1.165) is 22.5 Å². The number of aliphatic hydroxyl groups is 1. The summed E-state index contributed by atoms with van der Waals surface area (Å²) in [5, 5.41) is 9.77. The second-order valence-corrected chi connectivity index (χ2v) is 7.11. The van der Waals surface area contributed by atoms with Gasteiger partial charge in [0.15, 0.2) is 5.78 Å². The number of aliphatic imine (C=N–C) groups is 1. The van der Waals surface area contributed by atoms with Crippen LogP contribution in [0.15, 0.2) is 95.2 Å². The van der Waals surface area contributed by atoms with Gasteiger partial charge in [0.2, 0.25) is 0 Å². The number of fused-ring (bicyclic) bond motifs is 1. The minimum atomic E-state index is -0.258. The molecule has 0 fully saturated rings. The van der Waals surface area contributed by atoms with Gasteiger partial charge in [-0.1, -0.05) is 66.7 Å². The molecule has 0 spiro atoms. The number of carbonyl (C=O) groups is 1. The van der Waals surface area contributed by atoms with Crippen LogP contribution in [0.1, 0.15) is 13.8 Å². The van der Waals surface area contributed by atoms with E-state index < -0.39 is 0 Å². The van der Waals surface area contributed by atoms with E-state index in [1.54, 1.807) is 0 Å². The van der Waals surface area contributed by atoms with Crippen LogP contribution in [-0.4, -0.2) is 27.1 Å². The van der Waals surface area contributed by atoms with Crippen molar-refractivity contribution in [2.24, 2.45) is 4.99 Å². The molecule has 0 aliphatic carbocycles. The number of hydrogen-bond donors (Lipinski definition) is 1. The number of benzene rings is 3. The first kappa shape index (κ1) is 20.2. The van der Waals surface area contributed by atoms with Crippen LogP contribution >= 0.6 is 0 Å². The van der Waals surface area contributed by atoms with Crippen LogP contribution in [0, 0.1) is 0 Å². The number of nitrogens with zero attached hydrogens (tertiary/aromatic N) is 3. The summed E-state index contributed by atoms with van der Waals surface area (Å²) in [6, 6.07) is 25.4. The molecule has 5 heteroatoms. The molecule has 0 amide bonds. The quantitative estimate of drug-likeness (QED) is 0.247. The van der Waals surface area contributed by atoms with E-state index in [2.05, 4.69) is 4.99 Å². The molecule has 1 heterocycles. The van der Waals surface area contributed by atoms with Gasteiger partial charge >= 0.3 is 0 Å². The zero-order valence-corrected chi connectivity index (χ0v) is 17.3. The number of allylic oxidation sites excluding steroid dienone is 2. The normalized spacial score (nSPS) is 12.2. The molecule has 1 N–H and O–H groups in total. The van der Waals surface area contributed by atoms with Gasteiger partial charge in [0.1, 0.15) is 11.3 Å². The zero-order valence-electron chi connectivity index (χ0n) is 17.3. The first-order chi connectivity index (χ1) is 15.0. The Balaban J connectivity index is 1.95. The number of ketones is 1. The highest BCUT2D eigenvalue weighted by molar-refractivity contribution is 6.13. The molecule has 0 saturated heterocycles. The molecule has 4 rings (SSSR count). The minimum Gasteiger partial charge on any atom is -0.512 e. The average Bonchev–Trinajstić information content (AvgIpc) is 2.79. The Morgan fingerprint density at radius 3 is 1.94 bits per heavy atom. The lowest BCUT2D eigenvalue weighted by Crippen LogP contribution is -2.01. The molecule has 0 radical (unpaired) electrons. The van der Waals surface area contributed by atoms with Gasteiger partial charge in [0.25, 0.3) is 0 Å². The van der Waals surface area contributed by atoms with Crippen LogP contribution in [0.5, 0.6) is 0 Å². The molecular formula is C26H21N3O2. The van der Waals surface area contributed by atoms with Crippen molar-refractivity contribution >= 4 is 28.7 Å². The topological polar surface area (TPSA) is 75.4 Å². The lowest BCUT2D eigenvalue weighted by atomic mass is 10.0. The van der Waals surface area contributed by atoms with Crippen molar-refractivity contribution in [3.63, 3.8) is 0 Å². The molecule has 0 aliphatic heterocycles. The number of aliphatic hydroxyl groups excluding tert-OH is 1. The van der Waals surface area contributed by atoms with E-state index >= 15 is 0 Å². The molecule has 0 unspecified atom stereocenters. The second kappa shape index (κ2) is 8.71. The van der Waals surface area contributed by atoms with Gasteiger partial charge in [-0.3, -0.25) is 9.79 Å². The highest BCUT2D eigenvalue weighted by Crippen LogP contribution is 2.33. The van der Waals surface area contributed by atoms with E-state index in [1.807, 2.05) is 78.9 Å². The van der Waals surface area contributed by atoms with Gasteiger partial charge < -0.3 is 5.11 Å². The molecule has 0 saturated carbocycles. The maximum absolute atomic E-state index is 11.8. The average molecular weight is 407 g/mol. The maximum Gasteiger partial charge on any atom is 0.164 e. The number of para-hydroxylation sites is 1. The summed E-state index contributed by atoms with van der Waals surface area (Å²) in [5.41, 5.74) is 5.51. The number of carbonyl (C=O) groups excluding carboxylic acids is 1. The first-order valence-electron chi connectivity index (χ1n) is 9.91. The smallest absolute Gasteiger partial charge is 0.164 e. The van der Waals surface area contributed by atoms with E-state index in [9.17, 15) is 9.90 Å². The van der Waals surface area contributed by atoms with E-state index in [0.29, 0.717) is 16.7 Å². The van der Waals surface area contributed by atoms with Crippen LogP contribution in [0.2, 0.25) is 0 Å². The second-order valence-electron chi connectivity index (χ2n) is 7.11. The van der Waals surface area contributed by atoms with Crippen molar-refractivity contribution in [1.82, 2.24) is 9.97 Å². The molecule has 1 aromatic heterocycles. The Morgan fingerprint density at radius 1 is 0.806 bits per heavy atom. The maximum atomic E-state index is 11.8. The SMILES string of the molecule is CC(=O)/C(C=Nc1cccc2nc(-c3ccccc3)c(-c3ccccc3)nc12)=C(\C)O. The summed E-state index contributed by atoms with van der Waals surface area (Å²) in [7, 11) is 0. The molecular weight excluding hydrogens is 386 g/mol. The van der Waals surface area contributed by atoms with E-state index in [-0.39, 0.29) is 17.1 Å².